The molecule has 0 saturated heterocycles. The second-order valence-corrected chi connectivity index (χ2v) is 5.73. The number of carbonyl (C=O) groups excluding carboxylic acids is 1. The summed E-state index contributed by atoms with van der Waals surface area (Å²) in [6.07, 6.45) is 5.12. The molecule has 0 aliphatic carbocycles. The van der Waals surface area contributed by atoms with Gasteiger partial charge in [0.2, 0.25) is 5.91 Å². The van der Waals surface area contributed by atoms with E-state index in [0.717, 1.165) is 11.1 Å². The number of benzene rings is 2. The predicted octanol–water partition coefficient (Wildman–Crippen LogP) is 4.81. The van der Waals surface area contributed by atoms with Gasteiger partial charge in [-0.05, 0) is 35.4 Å². The zero-order chi connectivity index (χ0) is 18.9. The highest BCUT2D eigenvalue weighted by Gasteiger charge is 2.03. The lowest BCUT2D eigenvalue weighted by atomic mass is 10.1. The molecule has 0 bridgehead atoms. The molecular weight excluding hydrogens is 348 g/mol. The average Bonchev–Trinajstić information content (AvgIpc) is 2.62. The van der Waals surface area contributed by atoms with Crippen molar-refractivity contribution in [3.05, 3.63) is 70.4 Å². The lowest BCUT2D eigenvalue weighted by Gasteiger charge is -2.10. The number of carbonyl (C=O) groups is 1. The Kier molecular flexibility index (Phi) is 6.56. The molecule has 2 aromatic carbocycles. The lowest BCUT2D eigenvalue weighted by molar-refractivity contribution is -0.114. The van der Waals surface area contributed by atoms with Crippen LogP contribution in [0.5, 0.6) is 0 Å². The SMILES string of the molecule is CC(=O)Nc1ccc(C=Cc2ccc(Cl)cc2)c(NC=C(C#N)C#N)c1. The summed E-state index contributed by atoms with van der Waals surface area (Å²) < 4.78 is 0. The fourth-order valence-corrected chi connectivity index (χ4v) is 2.23. The molecule has 0 unspecified atom stereocenters. The van der Waals surface area contributed by atoms with Crippen molar-refractivity contribution < 1.29 is 4.79 Å². The first-order valence-corrected chi connectivity index (χ1v) is 8.02. The molecule has 0 radical (unpaired) electrons. The third-order valence-electron chi connectivity index (χ3n) is 3.31. The van der Waals surface area contributed by atoms with Crippen molar-refractivity contribution in [1.82, 2.24) is 0 Å². The number of anilines is 2. The van der Waals surface area contributed by atoms with Crippen molar-refractivity contribution >= 4 is 41.0 Å². The van der Waals surface area contributed by atoms with E-state index in [9.17, 15) is 4.79 Å². The van der Waals surface area contributed by atoms with Gasteiger partial charge in [-0.25, -0.2) is 0 Å². The minimum Gasteiger partial charge on any atom is -0.359 e. The fraction of sp³-hybridized carbons (Fsp3) is 0.0500. The van der Waals surface area contributed by atoms with Crippen LogP contribution < -0.4 is 10.6 Å². The van der Waals surface area contributed by atoms with Crippen LogP contribution in [0.25, 0.3) is 12.2 Å². The Morgan fingerprint density at radius 2 is 1.77 bits per heavy atom. The van der Waals surface area contributed by atoms with Crippen LogP contribution in [0.1, 0.15) is 18.1 Å². The number of nitrogens with zero attached hydrogens (tertiary/aromatic N) is 2. The number of allylic oxidation sites excluding steroid dienone is 1. The minimum atomic E-state index is -0.189. The van der Waals surface area contributed by atoms with Gasteiger partial charge >= 0.3 is 0 Å². The molecule has 2 N–H and O–H groups in total. The van der Waals surface area contributed by atoms with E-state index in [1.165, 1.54) is 13.1 Å². The monoisotopic (exact) mass is 362 g/mol. The summed E-state index contributed by atoms with van der Waals surface area (Å²) in [7, 11) is 0. The zero-order valence-electron chi connectivity index (χ0n) is 14.0. The first-order chi connectivity index (χ1) is 12.5. The number of hydrogen-bond donors (Lipinski definition) is 2. The molecule has 2 rings (SSSR count). The van der Waals surface area contributed by atoms with E-state index >= 15 is 0 Å². The van der Waals surface area contributed by atoms with Gasteiger partial charge in [-0.3, -0.25) is 4.79 Å². The summed E-state index contributed by atoms with van der Waals surface area (Å²) in [6, 6.07) is 16.3. The summed E-state index contributed by atoms with van der Waals surface area (Å²) in [5.41, 5.74) is 2.98. The molecule has 0 spiro atoms. The minimum absolute atomic E-state index is 0.0532. The maximum atomic E-state index is 11.3. The van der Waals surface area contributed by atoms with Gasteiger partial charge in [0.1, 0.15) is 17.7 Å². The van der Waals surface area contributed by atoms with Crippen molar-refractivity contribution in [1.29, 1.82) is 10.5 Å². The second kappa shape index (κ2) is 9.08. The van der Waals surface area contributed by atoms with E-state index in [-0.39, 0.29) is 11.5 Å². The van der Waals surface area contributed by atoms with E-state index in [4.69, 9.17) is 22.1 Å². The highest BCUT2D eigenvalue weighted by atomic mass is 35.5. The number of amides is 1. The Hall–Kier alpha value is -3.54. The van der Waals surface area contributed by atoms with E-state index in [1.54, 1.807) is 36.4 Å². The highest BCUT2D eigenvalue weighted by Crippen LogP contribution is 2.24. The molecule has 1 amide bonds. The van der Waals surface area contributed by atoms with Gasteiger partial charge in [0, 0.05) is 29.5 Å². The molecule has 0 heterocycles. The van der Waals surface area contributed by atoms with Crippen LogP contribution in [0.3, 0.4) is 0 Å². The summed E-state index contributed by atoms with van der Waals surface area (Å²) >= 11 is 5.88. The Labute approximate surface area is 156 Å². The quantitative estimate of drug-likeness (QED) is 0.590. The topological polar surface area (TPSA) is 88.7 Å². The number of halogens is 1. The molecular formula is C20H15ClN4O. The lowest BCUT2D eigenvalue weighted by Crippen LogP contribution is -2.06. The van der Waals surface area contributed by atoms with Gasteiger partial charge < -0.3 is 10.6 Å². The molecule has 0 aliphatic rings. The standard InChI is InChI=1S/C20H15ClN4O/c1-14(26)25-19-9-6-17(5-2-15-3-7-18(21)8-4-15)20(10-19)24-13-16(11-22)12-23/h2-10,13,24H,1H3,(H,25,26). The van der Waals surface area contributed by atoms with Crippen LogP contribution in [0, 0.1) is 22.7 Å². The molecule has 0 saturated carbocycles. The van der Waals surface area contributed by atoms with Gasteiger partial charge in [-0.2, -0.15) is 10.5 Å². The largest absolute Gasteiger partial charge is 0.359 e. The molecule has 128 valence electrons. The molecule has 0 fully saturated rings. The number of hydrogen-bond acceptors (Lipinski definition) is 4. The Balaban J connectivity index is 2.35. The van der Waals surface area contributed by atoms with Crippen LogP contribution in [0.15, 0.2) is 54.2 Å². The van der Waals surface area contributed by atoms with E-state index in [0.29, 0.717) is 16.4 Å². The second-order valence-electron chi connectivity index (χ2n) is 5.29. The van der Waals surface area contributed by atoms with Gasteiger partial charge in [0.15, 0.2) is 0 Å². The van der Waals surface area contributed by atoms with Gasteiger partial charge in [-0.15, -0.1) is 0 Å². The van der Waals surface area contributed by atoms with Crippen molar-refractivity contribution in [2.45, 2.75) is 6.92 Å². The van der Waals surface area contributed by atoms with Gasteiger partial charge in [0.05, 0.1) is 0 Å². The summed E-state index contributed by atoms with van der Waals surface area (Å²) in [5.74, 6) is -0.189. The average molecular weight is 363 g/mol. The fourth-order valence-electron chi connectivity index (χ4n) is 2.11. The molecule has 26 heavy (non-hydrogen) atoms. The predicted molar refractivity (Wildman–Crippen MR) is 104 cm³/mol. The van der Waals surface area contributed by atoms with E-state index in [2.05, 4.69) is 10.6 Å². The number of nitriles is 2. The summed E-state index contributed by atoms with van der Waals surface area (Å²) in [5, 5.41) is 24.0. The Bertz CT molecular complexity index is 931. The van der Waals surface area contributed by atoms with Crippen molar-refractivity contribution in [3.63, 3.8) is 0 Å². The van der Waals surface area contributed by atoms with E-state index in [1.807, 2.05) is 30.4 Å². The molecule has 2 aromatic rings. The van der Waals surface area contributed by atoms with Crippen LogP contribution in [-0.4, -0.2) is 5.91 Å². The number of nitrogens with one attached hydrogen (secondary N) is 2. The van der Waals surface area contributed by atoms with E-state index < -0.39 is 0 Å². The Morgan fingerprint density at radius 1 is 1.08 bits per heavy atom. The number of rotatable bonds is 5. The maximum Gasteiger partial charge on any atom is 0.221 e. The van der Waals surface area contributed by atoms with Gasteiger partial charge in [-0.1, -0.05) is 42.0 Å². The summed E-state index contributed by atoms with van der Waals surface area (Å²) in [6.45, 7) is 1.42. The molecule has 0 aromatic heterocycles. The third-order valence-corrected chi connectivity index (χ3v) is 3.56. The van der Waals surface area contributed by atoms with Crippen molar-refractivity contribution in [3.8, 4) is 12.1 Å². The zero-order valence-corrected chi connectivity index (χ0v) is 14.7. The summed E-state index contributed by atoms with van der Waals surface area (Å²) in [4.78, 5) is 11.3. The molecule has 6 heteroatoms. The third kappa shape index (κ3) is 5.52. The maximum absolute atomic E-state index is 11.3. The smallest absolute Gasteiger partial charge is 0.221 e. The van der Waals surface area contributed by atoms with Gasteiger partial charge in [0.25, 0.3) is 0 Å². The highest BCUT2D eigenvalue weighted by molar-refractivity contribution is 6.30. The van der Waals surface area contributed by atoms with Crippen LogP contribution in [-0.2, 0) is 4.79 Å². The van der Waals surface area contributed by atoms with Crippen molar-refractivity contribution in [2.75, 3.05) is 10.6 Å². The van der Waals surface area contributed by atoms with Crippen LogP contribution >= 0.6 is 11.6 Å². The normalized spacial score (nSPS) is 9.85. The van der Waals surface area contributed by atoms with Crippen LogP contribution in [0.4, 0.5) is 11.4 Å². The van der Waals surface area contributed by atoms with Crippen LogP contribution in [0.2, 0.25) is 5.02 Å². The molecule has 5 nitrogen and oxygen atoms in total. The Morgan fingerprint density at radius 3 is 2.38 bits per heavy atom. The molecule has 0 atom stereocenters. The van der Waals surface area contributed by atoms with Crippen molar-refractivity contribution in [2.24, 2.45) is 0 Å². The first kappa shape index (κ1) is 18.8. The molecule has 0 aliphatic heterocycles. The first-order valence-electron chi connectivity index (χ1n) is 7.64.